The first-order valence-corrected chi connectivity index (χ1v) is 4.09. The molecular formula is C9H7N3O. The fraction of sp³-hybridized carbons (Fsp3) is 0.111. The summed E-state index contributed by atoms with van der Waals surface area (Å²) < 4.78 is 0. The molecule has 0 saturated heterocycles. The van der Waals surface area contributed by atoms with Gasteiger partial charge >= 0.3 is 5.69 Å². The molecule has 1 atom stereocenters. The van der Waals surface area contributed by atoms with Crippen molar-refractivity contribution in [3.63, 3.8) is 0 Å². The van der Waals surface area contributed by atoms with Crippen LogP contribution < -0.4 is 5.69 Å². The van der Waals surface area contributed by atoms with Crippen LogP contribution in [0, 0.1) is 0 Å². The Balaban J connectivity index is 2.30. The number of aromatic nitrogens is 2. The Morgan fingerprint density at radius 2 is 2.31 bits per heavy atom. The molecule has 0 bridgehead atoms. The first-order valence-electron chi connectivity index (χ1n) is 4.09. The van der Waals surface area contributed by atoms with E-state index in [-0.39, 0.29) is 11.7 Å². The standard InChI is InChI=1S/C9H7N3O/c13-9-11-7-4-10-6-3-1-2-5(6)8(7)12-9/h1-4,6H,(H2,11,12,13). The van der Waals surface area contributed by atoms with Crippen molar-refractivity contribution < 1.29 is 0 Å². The molecule has 0 radical (unpaired) electrons. The second-order valence-electron chi connectivity index (χ2n) is 3.10. The lowest BCUT2D eigenvalue weighted by atomic mass is 10.0. The van der Waals surface area contributed by atoms with Gasteiger partial charge in [-0.25, -0.2) is 4.79 Å². The van der Waals surface area contributed by atoms with Crippen LogP contribution in [0.15, 0.2) is 28.0 Å². The Bertz CT molecular complexity index is 501. The lowest BCUT2D eigenvalue weighted by molar-refractivity contribution is 1.04. The van der Waals surface area contributed by atoms with E-state index in [1.54, 1.807) is 6.21 Å². The van der Waals surface area contributed by atoms with Crippen LogP contribution in [0.25, 0.3) is 5.57 Å². The van der Waals surface area contributed by atoms with Gasteiger partial charge in [0.2, 0.25) is 0 Å². The summed E-state index contributed by atoms with van der Waals surface area (Å²) in [4.78, 5) is 20.7. The highest BCUT2D eigenvalue weighted by Gasteiger charge is 2.23. The lowest BCUT2D eigenvalue weighted by Crippen LogP contribution is -2.09. The van der Waals surface area contributed by atoms with Gasteiger partial charge < -0.3 is 9.97 Å². The highest BCUT2D eigenvalue weighted by molar-refractivity contribution is 5.92. The minimum atomic E-state index is -0.176. The summed E-state index contributed by atoms with van der Waals surface area (Å²) in [6.07, 6.45) is 7.63. The molecule has 1 aliphatic carbocycles. The summed E-state index contributed by atoms with van der Waals surface area (Å²) in [6.45, 7) is 0. The smallest absolute Gasteiger partial charge is 0.305 e. The maximum atomic E-state index is 11.0. The Morgan fingerprint density at radius 3 is 3.23 bits per heavy atom. The van der Waals surface area contributed by atoms with E-state index in [1.165, 1.54) is 0 Å². The summed E-state index contributed by atoms with van der Waals surface area (Å²) in [5, 5.41) is 0. The maximum Gasteiger partial charge on any atom is 0.323 e. The second kappa shape index (κ2) is 2.10. The molecule has 1 unspecified atom stereocenters. The van der Waals surface area contributed by atoms with Crippen LogP contribution >= 0.6 is 0 Å². The molecule has 1 aliphatic heterocycles. The van der Waals surface area contributed by atoms with Gasteiger partial charge in [-0.1, -0.05) is 18.2 Å². The second-order valence-corrected chi connectivity index (χ2v) is 3.10. The number of H-pyrrole nitrogens is 2. The van der Waals surface area contributed by atoms with Crippen LogP contribution in [0.1, 0.15) is 11.4 Å². The van der Waals surface area contributed by atoms with Gasteiger partial charge in [0.15, 0.2) is 0 Å². The van der Waals surface area contributed by atoms with Gasteiger partial charge in [-0.2, -0.15) is 0 Å². The number of aliphatic imine (C=N–C) groups is 1. The van der Waals surface area contributed by atoms with Crippen LogP contribution in [0.5, 0.6) is 0 Å². The molecule has 1 aromatic rings. The van der Waals surface area contributed by atoms with Crippen molar-refractivity contribution >= 4 is 11.8 Å². The third-order valence-corrected chi connectivity index (χ3v) is 2.30. The molecule has 0 saturated carbocycles. The fourth-order valence-corrected chi connectivity index (χ4v) is 1.70. The quantitative estimate of drug-likeness (QED) is 0.588. The van der Waals surface area contributed by atoms with Gasteiger partial charge in [0.1, 0.15) is 0 Å². The maximum absolute atomic E-state index is 11.0. The van der Waals surface area contributed by atoms with E-state index in [4.69, 9.17) is 0 Å². The summed E-state index contributed by atoms with van der Waals surface area (Å²) >= 11 is 0. The Labute approximate surface area is 73.7 Å². The number of rotatable bonds is 0. The lowest BCUT2D eigenvalue weighted by Gasteiger charge is -2.12. The van der Waals surface area contributed by atoms with E-state index < -0.39 is 0 Å². The number of aromatic amines is 2. The van der Waals surface area contributed by atoms with E-state index in [0.717, 1.165) is 17.0 Å². The normalized spacial score (nSPS) is 22.8. The number of hydrogen-bond donors (Lipinski definition) is 2. The van der Waals surface area contributed by atoms with E-state index in [2.05, 4.69) is 15.0 Å². The van der Waals surface area contributed by atoms with Crippen molar-refractivity contribution in [2.45, 2.75) is 6.04 Å². The Kier molecular flexibility index (Phi) is 1.07. The number of fused-ring (bicyclic) bond motifs is 3. The van der Waals surface area contributed by atoms with Crippen molar-refractivity contribution in [3.8, 4) is 0 Å². The molecule has 2 aliphatic rings. The first kappa shape index (κ1) is 6.65. The molecule has 2 heterocycles. The van der Waals surface area contributed by atoms with Gasteiger partial charge in [0, 0.05) is 11.8 Å². The predicted octanol–water partition coefficient (Wildman–Crippen LogP) is 0.457. The van der Waals surface area contributed by atoms with Gasteiger partial charge in [0.25, 0.3) is 0 Å². The first-order chi connectivity index (χ1) is 6.34. The third kappa shape index (κ3) is 0.796. The SMILES string of the molecule is O=c1[nH]c2c([nH]1)C1=CC=CC1N=C2. The third-order valence-electron chi connectivity index (χ3n) is 2.30. The Hall–Kier alpha value is -1.84. The molecule has 0 aromatic carbocycles. The minimum absolute atomic E-state index is 0.0962. The fourth-order valence-electron chi connectivity index (χ4n) is 1.70. The van der Waals surface area contributed by atoms with Crippen LogP contribution in [0.4, 0.5) is 0 Å². The molecule has 4 heteroatoms. The van der Waals surface area contributed by atoms with Crippen LogP contribution in [0.3, 0.4) is 0 Å². The average Bonchev–Trinajstić information content (AvgIpc) is 2.65. The van der Waals surface area contributed by atoms with Crippen molar-refractivity contribution in [3.05, 3.63) is 40.1 Å². The van der Waals surface area contributed by atoms with Crippen molar-refractivity contribution in [1.29, 1.82) is 0 Å². The van der Waals surface area contributed by atoms with Crippen LogP contribution in [-0.4, -0.2) is 22.2 Å². The number of allylic oxidation sites excluding steroid dienone is 2. The largest absolute Gasteiger partial charge is 0.323 e. The minimum Gasteiger partial charge on any atom is -0.305 e. The number of hydrogen-bond acceptors (Lipinski definition) is 2. The van der Waals surface area contributed by atoms with Gasteiger partial charge in [-0.3, -0.25) is 4.99 Å². The van der Waals surface area contributed by atoms with E-state index >= 15 is 0 Å². The summed E-state index contributed by atoms with van der Waals surface area (Å²) in [7, 11) is 0. The molecule has 13 heavy (non-hydrogen) atoms. The molecule has 1 aromatic heterocycles. The van der Waals surface area contributed by atoms with E-state index in [1.807, 2.05) is 18.2 Å². The van der Waals surface area contributed by atoms with Crippen molar-refractivity contribution in [2.24, 2.45) is 4.99 Å². The molecule has 0 fully saturated rings. The zero-order chi connectivity index (χ0) is 8.84. The highest BCUT2D eigenvalue weighted by atomic mass is 16.1. The predicted molar refractivity (Wildman–Crippen MR) is 49.9 cm³/mol. The zero-order valence-electron chi connectivity index (χ0n) is 6.74. The van der Waals surface area contributed by atoms with Crippen LogP contribution in [-0.2, 0) is 0 Å². The molecule has 64 valence electrons. The molecule has 4 nitrogen and oxygen atoms in total. The average molecular weight is 173 g/mol. The zero-order valence-corrected chi connectivity index (χ0v) is 6.74. The summed E-state index contributed by atoms with van der Waals surface area (Å²) in [6, 6.07) is 0.0962. The van der Waals surface area contributed by atoms with Gasteiger partial charge in [-0.15, -0.1) is 0 Å². The monoisotopic (exact) mass is 173 g/mol. The molecule has 0 amide bonds. The number of nitrogens with zero attached hydrogens (tertiary/aromatic N) is 1. The van der Waals surface area contributed by atoms with Crippen LogP contribution in [0.2, 0.25) is 0 Å². The molecule has 0 spiro atoms. The van der Waals surface area contributed by atoms with Gasteiger partial charge in [-0.05, 0) is 0 Å². The molecular weight excluding hydrogens is 166 g/mol. The highest BCUT2D eigenvalue weighted by Crippen LogP contribution is 2.28. The summed E-state index contributed by atoms with van der Waals surface area (Å²) in [5.41, 5.74) is 2.53. The topological polar surface area (TPSA) is 61.0 Å². The van der Waals surface area contributed by atoms with Crippen molar-refractivity contribution in [2.75, 3.05) is 0 Å². The van der Waals surface area contributed by atoms with Gasteiger partial charge in [0.05, 0.1) is 17.4 Å². The van der Waals surface area contributed by atoms with E-state index in [9.17, 15) is 4.79 Å². The van der Waals surface area contributed by atoms with E-state index in [0.29, 0.717) is 0 Å². The number of imidazole rings is 1. The number of nitrogens with one attached hydrogen (secondary N) is 2. The molecule has 2 N–H and O–H groups in total. The van der Waals surface area contributed by atoms with Crippen molar-refractivity contribution in [1.82, 2.24) is 9.97 Å². The molecule has 3 rings (SSSR count). The Morgan fingerprint density at radius 1 is 1.38 bits per heavy atom. The summed E-state index contributed by atoms with van der Waals surface area (Å²) in [5.74, 6) is 0.